The van der Waals surface area contributed by atoms with E-state index in [9.17, 15) is 14.4 Å². The molecule has 1 aromatic rings. The molecular weight excluding hydrogens is 314 g/mol. The van der Waals surface area contributed by atoms with Gasteiger partial charge in [0.2, 0.25) is 0 Å². The van der Waals surface area contributed by atoms with Crippen LogP contribution in [-0.4, -0.2) is 30.8 Å². The van der Waals surface area contributed by atoms with Crippen LogP contribution in [0.25, 0.3) is 0 Å². The zero-order chi connectivity index (χ0) is 14.0. The van der Waals surface area contributed by atoms with E-state index >= 15 is 0 Å². The van der Waals surface area contributed by atoms with E-state index in [1.165, 1.54) is 4.90 Å². The average molecular weight is 326 g/mol. The molecule has 6 heteroatoms. The summed E-state index contributed by atoms with van der Waals surface area (Å²) >= 11 is 3.26. The Morgan fingerprint density at radius 2 is 2.11 bits per heavy atom. The third-order valence-electron chi connectivity index (χ3n) is 2.79. The van der Waals surface area contributed by atoms with Gasteiger partial charge in [-0.15, -0.1) is 0 Å². The fraction of sp³-hybridized carbons (Fsp3) is 0.308. The predicted molar refractivity (Wildman–Crippen MR) is 72.1 cm³/mol. The summed E-state index contributed by atoms with van der Waals surface area (Å²) in [5.74, 6) is -1.54. The topological polar surface area (TPSA) is 63.7 Å². The van der Waals surface area contributed by atoms with Gasteiger partial charge in [0, 0.05) is 11.0 Å². The van der Waals surface area contributed by atoms with Crippen molar-refractivity contribution in [3.05, 3.63) is 28.2 Å². The number of hydrogen-bond acceptors (Lipinski definition) is 4. The maximum Gasteiger partial charge on any atom is 0.307 e. The van der Waals surface area contributed by atoms with Crippen LogP contribution in [0, 0.1) is 0 Å². The number of rotatable bonds is 4. The molecule has 2 rings (SSSR count). The van der Waals surface area contributed by atoms with Crippen molar-refractivity contribution in [2.45, 2.75) is 13.3 Å². The number of hydrogen-bond donors (Lipinski definition) is 0. The highest BCUT2D eigenvalue weighted by Gasteiger charge is 2.37. The Hall–Kier alpha value is -1.69. The molecule has 5 nitrogen and oxygen atoms in total. The minimum atomic E-state index is -0.605. The van der Waals surface area contributed by atoms with Gasteiger partial charge in [0.25, 0.3) is 11.7 Å². The van der Waals surface area contributed by atoms with E-state index in [0.29, 0.717) is 22.3 Å². The number of anilines is 1. The summed E-state index contributed by atoms with van der Waals surface area (Å²) < 4.78 is 5.39. The lowest BCUT2D eigenvalue weighted by molar-refractivity contribution is -0.142. The zero-order valence-electron chi connectivity index (χ0n) is 10.3. The second-order valence-electron chi connectivity index (χ2n) is 3.97. The summed E-state index contributed by atoms with van der Waals surface area (Å²) in [6, 6.07) is 5.14. The molecule has 0 atom stereocenters. The van der Waals surface area contributed by atoms with Crippen LogP contribution in [0.1, 0.15) is 23.7 Å². The normalized spacial score (nSPS) is 13.7. The van der Waals surface area contributed by atoms with Crippen molar-refractivity contribution in [1.29, 1.82) is 0 Å². The number of carbonyl (C=O) groups excluding carboxylic acids is 3. The van der Waals surface area contributed by atoms with Crippen LogP contribution in [0.2, 0.25) is 0 Å². The quantitative estimate of drug-likeness (QED) is 0.626. The molecule has 0 aliphatic carbocycles. The Balaban J connectivity index is 2.20. The molecule has 100 valence electrons. The Morgan fingerprint density at radius 1 is 1.37 bits per heavy atom. The average Bonchev–Trinajstić information content (AvgIpc) is 2.61. The molecule has 1 amide bonds. The molecule has 0 saturated carbocycles. The van der Waals surface area contributed by atoms with Crippen LogP contribution in [0.15, 0.2) is 22.7 Å². The molecule has 0 bridgehead atoms. The molecule has 0 unspecified atom stereocenters. The van der Waals surface area contributed by atoms with Crippen molar-refractivity contribution < 1.29 is 19.1 Å². The lowest BCUT2D eigenvalue weighted by Crippen LogP contribution is -2.32. The van der Waals surface area contributed by atoms with Gasteiger partial charge in [0.1, 0.15) is 0 Å². The first kappa shape index (κ1) is 13.7. The molecule has 19 heavy (non-hydrogen) atoms. The number of ketones is 1. The number of nitrogens with zero attached hydrogens (tertiary/aromatic N) is 1. The lowest BCUT2D eigenvalue weighted by Gasteiger charge is -2.15. The number of ether oxygens (including phenoxy) is 1. The Morgan fingerprint density at radius 3 is 2.79 bits per heavy atom. The summed E-state index contributed by atoms with van der Waals surface area (Å²) in [5.41, 5.74) is 0.894. The van der Waals surface area contributed by atoms with E-state index in [1.807, 2.05) is 0 Å². The molecule has 1 heterocycles. The SMILES string of the molecule is CCOC(=O)CCN1C(=O)C(=O)c2c(Br)cccc21. The fourth-order valence-electron chi connectivity index (χ4n) is 1.96. The second kappa shape index (κ2) is 5.52. The van der Waals surface area contributed by atoms with Gasteiger partial charge in [0.05, 0.1) is 24.3 Å². The van der Waals surface area contributed by atoms with Gasteiger partial charge in [0.15, 0.2) is 0 Å². The molecule has 0 spiro atoms. The van der Waals surface area contributed by atoms with Crippen LogP contribution in [0.5, 0.6) is 0 Å². The second-order valence-corrected chi connectivity index (χ2v) is 4.83. The number of halogens is 1. The third kappa shape index (κ3) is 2.53. The van der Waals surface area contributed by atoms with Crippen LogP contribution in [0.4, 0.5) is 5.69 Å². The Kier molecular flexibility index (Phi) is 3.99. The number of amides is 1. The standard InChI is InChI=1S/C13H12BrNO4/c1-2-19-10(16)6-7-15-9-5-3-4-8(14)11(9)12(17)13(15)18/h3-5H,2,6-7H2,1H3. The number of benzene rings is 1. The van der Waals surface area contributed by atoms with Crippen LogP contribution < -0.4 is 4.90 Å². The summed E-state index contributed by atoms with van der Waals surface area (Å²) in [5, 5.41) is 0. The van der Waals surface area contributed by atoms with Crippen LogP contribution in [-0.2, 0) is 14.3 Å². The maximum atomic E-state index is 11.9. The van der Waals surface area contributed by atoms with Gasteiger partial charge >= 0.3 is 5.97 Å². The zero-order valence-corrected chi connectivity index (χ0v) is 11.9. The van der Waals surface area contributed by atoms with Crippen molar-refractivity contribution in [3.8, 4) is 0 Å². The molecule has 1 aliphatic heterocycles. The van der Waals surface area contributed by atoms with E-state index in [0.717, 1.165) is 0 Å². The molecule has 0 fully saturated rings. The van der Waals surface area contributed by atoms with Crippen LogP contribution in [0.3, 0.4) is 0 Å². The van der Waals surface area contributed by atoms with Gasteiger partial charge in [-0.05, 0) is 35.0 Å². The molecule has 1 aromatic carbocycles. The molecule has 0 radical (unpaired) electrons. The first-order chi connectivity index (χ1) is 9.06. The molecular formula is C13H12BrNO4. The highest BCUT2D eigenvalue weighted by atomic mass is 79.9. The van der Waals surface area contributed by atoms with E-state index in [4.69, 9.17) is 4.74 Å². The minimum Gasteiger partial charge on any atom is -0.466 e. The number of Topliss-reactive ketones (excluding diaryl/α,β-unsaturated/α-hetero) is 1. The minimum absolute atomic E-state index is 0.0683. The highest BCUT2D eigenvalue weighted by Crippen LogP contribution is 2.34. The predicted octanol–water partition coefficient (Wildman–Crippen LogP) is 1.93. The van der Waals surface area contributed by atoms with Crippen molar-refractivity contribution in [2.75, 3.05) is 18.1 Å². The van der Waals surface area contributed by atoms with Gasteiger partial charge in [-0.3, -0.25) is 14.4 Å². The first-order valence-electron chi connectivity index (χ1n) is 5.86. The number of fused-ring (bicyclic) bond motifs is 1. The summed E-state index contributed by atoms with van der Waals surface area (Å²) in [7, 11) is 0. The maximum absolute atomic E-state index is 11.9. The summed E-state index contributed by atoms with van der Waals surface area (Å²) in [6.45, 7) is 2.16. The Bertz CT molecular complexity index is 556. The van der Waals surface area contributed by atoms with Crippen molar-refractivity contribution >= 4 is 39.3 Å². The van der Waals surface area contributed by atoms with Gasteiger partial charge in [-0.1, -0.05) is 6.07 Å². The van der Waals surface area contributed by atoms with Crippen LogP contribution >= 0.6 is 15.9 Å². The Labute approximate surface area is 118 Å². The molecule has 0 aromatic heterocycles. The molecule has 1 aliphatic rings. The van der Waals surface area contributed by atoms with E-state index in [1.54, 1.807) is 25.1 Å². The number of esters is 1. The lowest BCUT2D eigenvalue weighted by atomic mass is 10.1. The largest absolute Gasteiger partial charge is 0.466 e. The first-order valence-corrected chi connectivity index (χ1v) is 6.66. The van der Waals surface area contributed by atoms with E-state index in [2.05, 4.69) is 15.9 Å². The monoisotopic (exact) mass is 325 g/mol. The molecule has 0 N–H and O–H groups in total. The van der Waals surface area contributed by atoms with E-state index in [-0.39, 0.29) is 18.9 Å². The summed E-state index contributed by atoms with van der Waals surface area (Å²) in [4.78, 5) is 36.4. The third-order valence-corrected chi connectivity index (χ3v) is 3.45. The molecule has 0 saturated heterocycles. The van der Waals surface area contributed by atoms with Gasteiger partial charge in [-0.2, -0.15) is 0 Å². The van der Waals surface area contributed by atoms with Crippen molar-refractivity contribution in [2.24, 2.45) is 0 Å². The van der Waals surface area contributed by atoms with Gasteiger partial charge in [-0.25, -0.2) is 0 Å². The van der Waals surface area contributed by atoms with Gasteiger partial charge < -0.3 is 9.64 Å². The highest BCUT2D eigenvalue weighted by molar-refractivity contribution is 9.10. The van der Waals surface area contributed by atoms with E-state index < -0.39 is 11.7 Å². The fourth-order valence-corrected chi connectivity index (χ4v) is 2.50. The number of carbonyl (C=O) groups is 3. The van der Waals surface area contributed by atoms with Crippen molar-refractivity contribution in [1.82, 2.24) is 0 Å². The van der Waals surface area contributed by atoms with Crippen molar-refractivity contribution in [3.63, 3.8) is 0 Å². The summed E-state index contributed by atoms with van der Waals surface area (Å²) in [6.07, 6.45) is 0.0683. The smallest absolute Gasteiger partial charge is 0.307 e.